The minimum atomic E-state index is -6.17. The summed E-state index contributed by atoms with van der Waals surface area (Å²) in [5.41, 5.74) is -5.84. The molecule has 10 heteroatoms. The van der Waals surface area contributed by atoms with Crippen molar-refractivity contribution in [1.82, 2.24) is 0 Å². The number of hydrogen-bond donors (Lipinski definition) is 0. The van der Waals surface area contributed by atoms with E-state index >= 15 is 0 Å². The van der Waals surface area contributed by atoms with Crippen LogP contribution in [0.25, 0.3) is 0 Å². The van der Waals surface area contributed by atoms with Gasteiger partial charge in [0, 0.05) is 0 Å². The van der Waals surface area contributed by atoms with Gasteiger partial charge in [-0.15, -0.1) is 0 Å². The van der Waals surface area contributed by atoms with Crippen LogP contribution in [0.4, 0.5) is 26.3 Å². The van der Waals surface area contributed by atoms with Crippen LogP contribution in [0.5, 0.6) is 0 Å². The van der Waals surface area contributed by atoms with E-state index < -0.39 is 34.8 Å². The normalized spacial score (nSPS) is 15.9. The number of hydrogen-bond acceptors (Lipinski definition) is 3. The second-order valence-electron chi connectivity index (χ2n) is 2.02. The molecule has 0 bridgehead atoms. The standard InChI is InChI=1S/C4H4F6O3S/c5-1-2(3(6)7)13-14(11,12)4(8,9)10/h2-3H,1H2. The maximum absolute atomic E-state index is 11.6. The zero-order chi connectivity index (χ0) is 11.6. The lowest BCUT2D eigenvalue weighted by atomic mass is 10.4. The number of rotatable bonds is 4. The van der Waals surface area contributed by atoms with Gasteiger partial charge < -0.3 is 0 Å². The first-order chi connectivity index (χ1) is 6.12. The highest BCUT2D eigenvalue weighted by molar-refractivity contribution is 7.87. The quantitative estimate of drug-likeness (QED) is 0.428. The summed E-state index contributed by atoms with van der Waals surface area (Å²) < 4.78 is 92.5. The second-order valence-corrected chi connectivity index (χ2v) is 3.59. The Balaban J connectivity index is 4.67. The van der Waals surface area contributed by atoms with Crippen molar-refractivity contribution in [3.63, 3.8) is 0 Å². The minimum absolute atomic E-state index is 2.03. The molecule has 0 radical (unpaired) electrons. The molecule has 0 aliphatic rings. The van der Waals surface area contributed by atoms with E-state index in [-0.39, 0.29) is 0 Å². The molecular formula is C4H4F6O3S. The van der Waals surface area contributed by atoms with Crippen molar-refractivity contribution >= 4 is 10.1 Å². The van der Waals surface area contributed by atoms with Crippen molar-refractivity contribution in [2.75, 3.05) is 6.67 Å². The molecule has 0 aromatic carbocycles. The van der Waals surface area contributed by atoms with Crippen LogP contribution in [-0.2, 0) is 14.3 Å². The Bertz CT molecular complexity index is 269. The minimum Gasteiger partial charge on any atom is -0.251 e. The lowest BCUT2D eigenvalue weighted by molar-refractivity contribution is -0.0684. The monoisotopic (exact) mass is 246 g/mol. The molecule has 0 aromatic heterocycles. The molecule has 0 rings (SSSR count). The van der Waals surface area contributed by atoms with Gasteiger partial charge in [-0.25, -0.2) is 13.2 Å². The third-order valence-corrected chi connectivity index (χ3v) is 2.03. The van der Waals surface area contributed by atoms with E-state index in [1.807, 2.05) is 0 Å². The van der Waals surface area contributed by atoms with Crippen LogP contribution in [0, 0.1) is 0 Å². The van der Waals surface area contributed by atoms with E-state index in [0.717, 1.165) is 0 Å². The Kier molecular flexibility index (Phi) is 4.18. The van der Waals surface area contributed by atoms with Crippen LogP contribution in [0.3, 0.4) is 0 Å². The van der Waals surface area contributed by atoms with E-state index in [1.165, 1.54) is 0 Å². The van der Waals surface area contributed by atoms with Gasteiger partial charge in [-0.1, -0.05) is 0 Å². The Hall–Kier alpha value is -0.510. The Morgan fingerprint density at radius 2 is 1.64 bits per heavy atom. The SMILES string of the molecule is O=S(=O)(OC(CF)C(F)F)C(F)(F)F. The van der Waals surface area contributed by atoms with Crippen LogP contribution in [0.2, 0.25) is 0 Å². The fourth-order valence-corrected chi connectivity index (χ4v) is 0.922. The van der Waals surface area contributed by atoms with Crippen LogP contribution < -0.4 is 0 Å². The van der Waals surface area contributed by atoms with Crippen molar-refractivity contribution in [1.29, 1.82) is 0 Å². The lowest BCUT2D eigenvalue weighted by Gasteiger charge is -2.14. The van der Waals surface area contributed by atoms with Gasteiger partial charge in [0.05, 0.1) is 0 Å². The molecule has 0 aliphatic heterocycles. The van der Waals surface area contributed by atoms with Gasteiger partial charge >= 0.3 is 15.6 Å². The average Bonchev–Trinajstić information content (AvgIpc) is 1.97. The van der Waals surface area contributed by atoms with Gasteiger partial charge in [0.1, 0.15) is 6.67 Å². The second kappa shape index (κ2) is 4.34. The maximum Gasteiger partial charge on any atom is 0.523 e. The van der Waals surface area contributed by atoms with Crippen molar-refractivity contribution in [3.05, 3.63) is 0 Å². The van der Waals surface area contributed by atoms with Gasteiger partial charge in [-0.3, -0.25) is 4.18 Å². The Labute approximate surface area is 74.8 Å². The molecule has 0 aliphatic carbocycles. The van der Waals surface area contributed by atoms with E-state index in [4.69, 9.17) is 0 Å². The van der Waals surface area contributed by atoms with Gasteiger partial charge in [-0.05, 0) is 0 Å². The predicted octanol–water partition coefficient (Wildman–Crippen LogP) is 1.46. The fraction of sp³-hybridized carbons (Fsp3) is 1.00. The molecule has 0 spiro atoms. The zero-order valence-electron chi connectivity index (χ0n) is 6.26. The van der Waals surface area contributed by atoms with Gasteiger partial charge in [0.25, 0.3) is 6.43 Å². The van der Waals surface area contributed by atoms with Crippen LogP contribution >= 0.6 is 0 Å². The third-order valence-electron chi connectivity index (χ3n) is 0.967. The van der Waals surface area contributed by atoms with E-state index in [1.54, 1.807) is 0 Å². The van der Waals surface area contributed by atoms with Crippen molar-refractivity contribution in [3.8, 4) is 0 Å². The molecule has 86 valence electrons. The Morgan fingerprint density at radius 3 is 1.86 bits per heavy atom. The lowest BCUT2D eigenvalue weighted by Crippen LogP contribution is -2.34. The van der Waals surface area contributed by atoms with E-state index in [0.29, 0.717) is 0 Å². The van der Waals surface area contributed by atoms with Crippen molar-refractivity contribution < 1.29 is 38.9 Å². The Morgan fingerprint density at radius 1 is 1.21 bits per heavy atom. The highest BCUT2D eigenvalue weighted by Crippen LogP contribution is 2.26. The molecule has 1 unspecified atom stereocenters. The molecule has 0 saturated carbocycles. The first kappa shape index (κ1) is 13.5. The predicted molar refractivity (Wildman–Crippen MR) is 31.8 cm³/mol. The summed E-state index contributed by atoms with van der Waals surface area (Å²) in [6, 6.07) is 0. The summed E-state index contributed by atoms with van der Waals surface area (Å²) in [7, 11) is -6.17. The van der Waals surface area contributed by atoms with Gasteiger partial charge in [0.2, 0.25) is 0 Å². The van der Waals surface area contributed by atoms with Crippen LogP contribution in [0.1, 0.15) is 0 Å². The summed E-state index contributed by atoms with van der Waals surface area (Å²) in [6.07, 6.45) is -6.58. The molecular weight excluding hydrogens is 242 g/mol. The van der Waals surface area contributed by atoms with Gasteiger partial charge in [0.15, 0.2) is 6.10 Å². The molecule has 0 amide bonds. The molecule has 0 fully saturated rings. The highest BCUT2D eigenvalue weighted by atomic mass is 32.2. The topological polar surface area (TPSA) is 43.4 Å². The molecule has 0 N–H and O–H groups in total. The molecule has 0 heterocycles. The first-order valence-electron chi connectivity index (χ1n) is 2.95. The zero-order valence-corrected chi connectivity index (χ0v) is 7.08. The maximum atomic E-state index is 11.6. The van der Waals surface area contributed by atoms with E-state index in [9.17, 15) is 34.8 Å². The highest BCUT2D eigenvalue weighted by Gasteiger charge is 2.49. The number of halogens is 6. The molecule has 14 heavy (non-hydrogen) atoms. The molecule has 3 nitrogen and oxygen atoms in total. The van der Waals surface area contributed by atoms with Crippen LogP contribution in [-0.4, -0.2) is 33.1 Å². The summed E-state index contributed by atoms with van der Waals surface area (Å²) in [5.74, 6) is 0. The third kappa shape index (κ3) is 3.33. The number of alkyl halides is 6. The van der Waals surface area contributed by atoms with Crippen molar-refractivity contribution in [2.24, 2.45) is 0 Å². The largest absolute Gasteiger partial charge is 0.523 e. The van der Waals surface area contributed by atoms with Crippen LogP contribution in [0.15, 0.2) is 0 Å². The summed E-state index contributed by atoms with van der Waals surface area (Å²) >= 11 is 0. The molecule has 0 aromatic rings. The molecule has 0 saturated heterocycles. The smallest absolute Gasteiger partial charge is 0.251 e. The summed E-state index contributed by atoms with van der Waals surface area (Å²) in [5, 5.41) is 0. The van der Waals surface area contributed by atoms with Gasteiger partial charge in [-0.2, -0.15) is 21.6 Å². The van der Waals surface area contributed by atoms with Crippen molar-refractivity contribution in [2.45, 2.75) is 18.0 Å². The fourth-order valence-electron chi connectivity index (χ4n) is 0.352. The summed E-state index contributed by atoms with van der Waals surface area (Å²) in [4.78, 5) is 0. The van der Waals surface area contributed by atoms with E-state index in [2.05, 4.69) is 4.18 Å². The molecule has 1 atom stereocenters. The summed E-state index contributed by atoms with van der Waals surface area (Å²) in [6.45, 7) is -2.03. The average molecular weight is 246 g/mol. The first-order valence-corrected chi connectivity index (χ1v) is 4.36.